The highest BCUT2D eigenvalue weighted by Crippen LogP contribution is 2.09. The molecule has 5 heteroatoms. The molecule has 0 aliphatic heterocycles. The first-order chi connectivity index (χ1) is 9.33. The van der Waals surface area contributed by atoms with Gasteiger partial charge >= 0.3 is 0 Å². The summed E-state index contributed by atoms with van der Waals surface area (Å²) >= 11 is 0. The molecule has 0 bridgehead atoms. The van der Waals surface area contributed by atoms with Crippen LogP contribution in [0.4, 0.5) is 4.39 Å². The number of aromatic nitrogens is 2. The van der Waals surface area contributed by atoms with Crippen LogP contribution < -0.4 is 5.32 Å². The molecule has 3 aromatic heterocycles. The van der Waals surface area contributed by atoms with Crippen molar-refractivity contribution < 1.29 is 8.81 Å². The average molecular weight is 259 g/mol. The minimum absolute atomic E-state index is 0.299. The molecule has 0 aromatic carbocycles. The predicted octanol–water partition coefficient (Wildman–Crippen LogP) is 2.40. The Morgan fingerprint density at radius 2 is 2.32 bits per heavy atom. The number of rotatable bonds is 5. The third kappa shape index (κ3) is 2.66. The van der Waals surface area contributed by atoms with Gasteiger partial charge in [0.25, 0.3) is 0 Å². The van der Waals surface area contributed by atoms with Crippen LogP contribution in [-0.4, -0.2) is 15.9 Å². The van der Waals surface area contributed by atoms with Crippen molar-refractivity contribution in [2.45, 2.75) is 13.0 Å². The highest BCUT2D eigenvalue weighted by molar-refractivity contribution is 5.41. The van der Waals surface area contributed by atoms with Crippen molar-refractivity contribution in [2.75, 3.05) is 6.54 Å². The zero-order valence-corrected chi connectivity index (χ0v) is 10.3. The van der Waals surface area contributed by atoms with Crippen LogP contribution in [0.1, 0.15) is 11.3 Å². The van der Waals surface area contributed by atoms with Crippen molar-refractivity contribution in [3.8, 4) is 0 Å². The molecule has 0 amide bonds. The fraction of sp³-hybridized carbons (Fsp3) is 0.214. The van der Waals surface area contributed by atoms with Crippen molar-refractivity contribution >= 4 is 5.65 Å². The molecule has 0 fully saturated rings. The maximum atomic E-state index is 13.5. The Hall–Kier alpha value is -2.14. The molecule has 3 aromatic rings. The molecule has 0 atom stereocenters. The molecule has 19 heavy (non-hydrogen) atoms. The summed E-state index contributed by atoms with van der Waals surface area (Å²) in [6, 6.07) is 5.03. The number of furan rings is 1. The lowest BCUT2D eigenvalue weighted by Crippen LogP contribution is -2.16. The molecular weight excluding hydrogens is 245 g/mol. The van der Waals surface area contributed by atoms with Gasteiger partial charge in [0, 0.05) is 18.9 Å². The Morgan fingerprint density at radius 1 is 1.37 bits per heavy atom. The summed E-state index contributed by atoms with van der Waals surface area (Å²) in [5.74, 6) is -0.299. The third-order valence-corrected chi connectivity index (χ3v) is 2.96. The van der Waals surface area contributed by atoms with Crippen molar-refractivity contribution in [3.05, 3.63) is 60.2 Å². The molecule has 0 aliphatic carbocycles. The zero-order valence-electron chi connectivity index (χ0n) is 10.3. The van der Waals surface area contributed by atoms with E-state index in [1.807, 2.05) is 12.3 Å². The van der Waals surface area contributed by atoms with Crippen molar-refractivity contribution in [2.24, 2.45) is 0 Å². The molecule has 98 valence electrons. The fourth-order valence-corrected chi connectivity index (χ4v) is 2.00. The van der Waals surface area contributed by atoms with Crippen LogP contribution in [0.5, 0.6) is 0 Å². The number of nitrogens with zero attached hydrogens (tertiary/aromatic N) is 2. The Morgan fingerprint density at radius 3 is 3.11 bits per heavy atom. The van der Waals surface area contributed by atoms with Crippen LogP contribution in [-0.2, 0) is 13.0 Å². The van der Waals surface area contributed by atoms with Crippen LogP contribution in [0, 0.1) is 5.82 Å². The van der Waals surface area contributed by atoms with E-state index in [2.05, 4.69) is 10.3 Å². The number of halogens is 1. The minimum atomic E-state index is -0.299. The summed E-state index contributed by atoms with van der Waals surface area (Å²) in [4.78, 5) is 4.25. The first kappa shape index (κ1) is 11.9. The van der Waals surface area contributed by atoms with Crippen molar-refractivity contribution in [1.29, 1.82) is 0 Å². The summed E-state index contributed by atoms with van der Waals surface area (Å²) in [7, 11) is 0. The van der Waals surface area contributed by atoms with E-state index in [0.717, 1.165) is 24.2 Å². The summed E-state index contributed by atoms with van der Waals surface area (Å²) in [6.45, 7) is 1.45. The van der Waals surface area contributed by atoms with Gasteiger partial charge in [-0.1, -0.05) is 0 Å². The molecule has 0 radical (unpaired) electrons. The molecule has 1 N–H and O–H groups in total. The smallest absolute Gasteiger partial charge is 0.173 e. The summed E-state index contributed by atoms with van der Waals surface area (Å²) in [5, 5.41) is 3.28. The van der Waals surface area contributed by atoms with E-state index in [9.17, 15) is 4.39 Å². The van der Waals surface area contributed by atoms with Crippen LogP contribution in [0.25, 0.3) is 5.65 Å². The lowest BCUT2D eigenvalue weighted by Gasteiger charge is -2.00. The summed E-state index contributed by atoms with van der Waals surface area (Å²) < 4.78 is 20.2. The standard InChI is InChI=1S/C14H14FN3O/c15-13-2-1-6-18-9-12(17-14(13)18)8-16-5-3-11-4-7-19-10-11/h1-2,4,6-7,9-10,16H,3,5,8H2. The van der Waals surface area contributed by atoms with Gasteiger partial charge in [-0.3, -0.25) is 0 Å². The van der Waals surface area contributed by atoms with Gasteiger partial charge in [-0.2, -0.15) is 0 Å². The molecule has 0 saturated heterocycles. The third-order valence-electron chi connectivity index (χ3n) is 2.96. The first-order valence-corrected chi connectivity index (χ1v) is 6.17. The SMILES string of the molecule is Fc1cccn2cc(CNCCc3ccoc3)nc12. The molecule has 3 rings (SSSR count). The molecule has 0 aliphatic rings. The number of nitrogens with one attached hydrogen (secondary N) is 1. The highest BCUT2D eigenvalue weighted by Gasteiger charge is 2.05. The molecule has 0 saturated carbocycles. The largest absolute Gasteiger partial charge is 0.472 e. The minimum Gasteiger partial charge on any atom is -0.472 e. The van der Waals surface area contributed by atoms with Gasteiger partial charge in [-0.15, -0.1) is 0 Å². The van der Waals surface area contributed by atoms with E-state index >= 15 is 0 Å². The number of hydrogen-bond donors (Lipinski definition) is 1. The summed E-state index contributed by atoms with van der Waals surface area (Å²) in [5.41, 5.74) is 2.36. The molecular formula is C14H14FN3O. The van der Waals surface area contributed by atoms with Crippen molar-refractivity contribution in [3.63, 3.8) is 0 Å². The zero-order chi connectivity index (χ0) is 13.1. The van der Waals surface area contributed by atoms with E-state index in [1.165, 1.54) is 6.07 Å². The number of imidazole rings is 1. The van der Waals surface area contributed by atoms with Gasteiger partial charge in [-0.05, 0) is 36.7 Å². The van der Waals surface area contributed by atoms with Gasteiger partial charge in [0.1, 0.15) is 0 Å². The topological polar surface area (TPSA) is 42.5 Å². The van der Waals surface area contributed by atoms with Crippen molar-refractivity contribution in [1.82, 2.24) is 14.7 Å². The van der Waals surface area contributed by atoms with E-state index in [4.69, 9.17) is 4.42 Å². The van der Waals surface area contributed by atoms with Gasteiger partial charge in [0.05, 0.1) is 18.2 Å². The van der Waals surface area contributed by atoms with Gasteiger partial charge in [-0.25, -0.2) is 9.37 Å². The number of fused-ring (bicyclic) bond motifs is 1. The van der Waals surface area contributed by atoms with E-state index in [0.29, 0.717) is 12.2 Å². The van der Waals surface area contributed by atoms with Crippen LogP contribution in [0.15, 0.2) is 47.5 Å². The normalized spacial score (nSPS) is 11.2. The number of hydrogen-bond acceptors (Lipinski definition) is 3. The average Bonchev–Trinajstić information content (AvgIpc) is 3.04. The second kappa shape index (κ2) is 5.24. The molecule has 4 nitrogen and oxygen atoms in total. The Labute approximate surface area is 109 Å². The van der Waals surface area contributed by atoms with Gasteiger partial charge in [0.2, 0.25) is 0 Å². The van der Waals surface area contributed by atoms with Gasteiger partial charge < -0.3 is 14.1 Å². The van der Waals surface area contributed by atoms with Crippen LogP contribution in [0.3, 0.4) is 0 Å². The van der Waals surface area contributed by atoms with Crippen LogP contribution >= 0.6 is 0 Å². The second-order valence-corrected chi connectivity index (χ2v) is 4.38. The maximum absolute atomic E-state index is 13.5. The highest BCUT2D eigenvalue weighted by atomic mass is 19.1. The van der Waals surface area contributed by atoms with E-state index in [1.54, 1.807) is 29.2 Å². The monoisotopic (exact) mass is 259 g/mol. The van der Waals surface area contributed by atoms with Crippen LogP contribution in [0.2, 0.25) is 0 Å². The first-order valence-electron chi connectivity index (χ1n) is 6.17. The maximum Gasteiger partial charge on any atom is 0.173 e. The summed E-state index contributed by atoms with van der Waals surface area (Å²) in [6.07, 6.45) is 7.93. The van der Waals surface area contributed by atoms with E-state index in [-0.39, 0.29) is 5.82 Å². The Balaban J connectivity index is 1.58. The lowest BCUT2D eigenvalue weighted by molar-refractivity contribution is 0.562. The quantitative estimate of drug-likeness (QED) is 0.715. The predicted molar refractivity (Wildman–Crippen MR) is 69.3 cm³/mol. The molecule has 0 spiro atoms. The fourth-order valence-electron chi connectivity index (χ4n) is 2.00. The Bertz CT molecular complexity index is 660. The molecule has 0 unspecified atom stereocenters. The number of pyridine rings is 1. The second-order valence-electron chi connectivity index (χ2n) is 4.38. The Kier molecular flexibility index (Phi) is 3.29. The van der Waals surface area contributed by atoms with Gasteiger partial charge in [0.15, 0.2) is 11.5 Å². The lowest BCUT2D eigenvalue weighted by atomic mass is 10.2. The van der Waals surface area contributed by atoms with E-state index < -0.39 is 0 Å². The molecule has 3 heterocycles.